The van der Waals surface area contributed by atoms with Crippen molar-refractivity contribution in [2.45, 2.75) is 13.3 Å². The van der Waals surface area contributed by atoms with E-state index in [4.69, 9.17) is 4.74 Å². The summed E-state index contributed by atoms with van der Waals surface area (Å²) < 4.78 is 18.1. The second kappa shape index (κ2) is 8.76. The highest BCUT2D eigenvalue weighted by molar-refractivity contribution is 5.92. The number of halogens is 1. The highest BCUT2D eigenvalue weighted by atomic mass is 19.1. The molecule has 2 amide bonds. The third-order valence-electron chi connectivity index (χ3n) is 2.80. The first-order valence-corrected chi connectivity index (χ1v) is 6.88. The molecule has 0 aliphatic carbocycles. The van der Waals surface area contributed by atoms with Crippen molar-refractivity contribution in [3.05, 3.63) is 35.6 Å². The molecule has 0 radical (unpaired) electrons. The van der Waals surface area contributed by atoms with Crippen LogP contribution in [0.5, 0.6) is 0 Å². The molecule has 7 heteroatoms. The normalized spacial score (nSPS) is 9.95. The fraction of sp³-hybridized carbons (Fsp3) is 0.400. The van der Waals surface area contributed by atoms with Gasteiger partial charge in [-0.3, -0.25) is 9.59 Å². The van der Waals surface area contributed by atoms with E-state index in [2.05, 4.69) is 5.32 Å². The number of benzene rings is 1. The second-order valence-electron chi connectivity index (χ2n) is 4.66. The summed E-state index contributed by atoms with van der Waals surface area (Å²) in [6.07, 6.45) is 0.795. The van der Waals surface area contributed by atoms with E-state index >= 15 is 0 Å². The van der Waals surface area contributed by atoms with Crippen molar-refractivity contribution in [3.63, 3.8) is 0 Å². The Balaban J connectivity index is 2.43. The predicted octanol–water partition coefficient (Wildman–Crippen LogP) is 0.967. The van der Waals surface area contributed by atoms with Crippen LogP contribution in [0.4, 0.5) is 4.39 Å². The van der Waals surface area contributed by atoms with Gasteiger partial charge in [-0.2, -0.15) is 0 Å². The Hall–Kier alpha value is -2.44. The lowest BCUT2D eigenvalue weighted by atomic mass is 10.2. The lowest BCUT2D eigenvalue weighted by Crippen LogP contribution is -2.40. The molecule has 6 nitrogen and oxygen atoms in total. The van der Waals surface area contributed by atoms with Crippen molar-refractivity contribution < 1.29 is 23.5 Å². The highest BCUT2D eigenvalue weighted by Gasteiger charge is 2.17. The first-order valence-electron chi connectivity index (χ1n) is 6.88. The molecule has 0 aliphatic rings. The number of likely N-dealkylation sites (N-methyl/N-ethyl adjacent to an activating group) is 1. The zero-order valence-electron chi connectivity index (χ0n) is 12.6. The number of nitrogens with zero attached hydrogens (tertiary/aromatic N) is 1. The fourth-order valence-electron chi connectivity index (χ4n) is 1.57. The monoisotopic (exact) mass is 310 g/mol. The average molecular weight is 310 g/mol. The molecular formula is C15H19FN2O4. The summed E-state index contributed by atoms with van der Waals surface area (Å²) in [5, 5.41) is 2.63. The van der Waals surface area contributed by atoms with Crippen LogP contribution in [0.1, 0.15) is 23.7 Å². The number of rotatable bonds is 7. The van der Waals surface area contributed by atoms with Gasteiger partial charge in [-0.1, -0.05) is 19.1 Å². The molecule has 0 bridgehead atoms. The lowest BCUT2D eigenvalue weighted by molar-refractivity contribution is -0.137. The number of ether oxygens (including phenoxy) is 1. The van der Waals surface area contributed by atoms with Crippen LogP contribution < -0.4 is 5.32 Å². The molecule has 1 aromatic rings. The van der Waals surface area contributed by atoms with Crippen LogP contribution in [0.25, 0.3) is 0 Å². The molecular weight excluding hydrogens is 291 g/mol. The molecule has 0 spiro atoms. The standard InChI is InChI=1S/C15H19FN2O4/c1-3-8-17-13(19)9-18(2)14(20)10-22-15(21)11-6-4-5-7-12(11)16/h4-7H,3,8-10H2,1-2H3,(H,17,19). The Morgan fingerprint density at radius 1 is 1.27 bits per heavy atom. The van der Waals surface area contributed by atoms with Gasteiger partial charge in [0.15, 0.2) is 6.61 Å². The molecule has 0 aliphatic heterocycles. The highest BCUT2D eigenvalue weighted by Crippen LogP contribution is 2.07. The minimum absolute atomic E-state index is 0.129. The van der Waals surface area contributed by atoms with Crippen LogP contribution in [0.2, 0.25) is 0 Å². The maximum Gasteiger partial charge on any atom is 0.341 e. The Bertz CT molecular complexity index is 548. The van der Waals surface area contributed by atoms with Gasteiger partial charge in [-0.25, -0.2) is 9.18 Å². The van der Waals surface area contributed by atoms with Crippen molar-refractivity contribution in [2.75, 3.05) is 26.7 Å². The van der Waals surface area contributed by atoms with Crippen molar-refractivity contribution >= 4 is 17.8 Å². The van der Waals surface area contributed by atoms with E-state index in [0.29, 0.717) is 6.54 Å². The van der Waals surface area contributed by atoms with E-state index in [9.17, 15) is 18.8 Å². The van der Waals surface area contributed by atoms with Gasteiger partial charge >= 0.3 is 5.97 Å². The predicted molar refractivity (Wildman–Crippen MR) is 77.6 cm³/mol. The minimum Gasteiger partial charge on any atom is -0.452 e. The topological polar surface area (TPSA) is 75.7 Å². The number of hydrogen-bond donors (Lipinski definition) is 1. The first-order chi connectivity index (χ1) is 10.5. The van der Waals surface area contributed by atoms with Crippen molar-refractivity contribution in [2.24, 2.45) is 0 Å². The van der Waals surface area contributed by atoms with Crippen molar-refractivity contribution in [1.82, 2.24) is 10.2 Å². The van der Waals surface area contributed by atoms with Gasteiger partial charge in [-0.05, 0) is 18.6 Å². The van der Waals surface area contributed by atoms with E-state index in [0.717, 1.165) is 17.4 Å². The number of amides is 2. The van der Waals surface area contributed by atoms with E-state index in [1.807, 2.05) is 6.92 Å². The van der Waals surface area contributed by atoms with Gasteiger partial charge in [0, 0.05) is 13.6 Å². The number of nitrogens with one attached hydrogen (secondary N) is 1. The smallest absolute Gasteiger partial charge is 0.341 e. The molecule has 120 valence electrons. The molecule has 0 unspecified atom stereocenters. The van der Waals surface area contributed by atoms with Gasteiger partial charge in [0.2, 0.25) is 5.91 Å². The van der Waals surface area contributed by atoms with Crippen LogP contribution in [0, 0.1) is 5.82 Å². The third kappa shape index (κ3) is 5.51. The molecule has 1 aromatic carbocycles. The molecule has 22 heavy (non-hydrogen) atoms. The Labute approximate surface area is 128 Å². The number of carbonyl (C=O) groups excluding carboxylic acids is 3. The molecule has 0 heterocycles. The van der Waals surface area contributed by atoms with E-state index < -0.39 is 24.3 Å². The number of hydrogen-bond acceptors (Lipinski definition) is 4. The Morgan fingerprint density at radius 3 is 2.59 bits per heavy atom. The summed E-state index contributed by atoms with van der Waals surface area (Å²) in [6.45, 7) is 1.77. The van der Waals surface area contributed by atoms with Gasteiger partial charge in [0.25, 0.3) is 5.91 Å². The van der Waals surface area contributed by atoms with E-state index in [1.165, 1.54) is 25.2 Å². The van der Waals surface area contributed by atoms with E-state index in [-0.39, 0.29) is 18.0 Å². The van der Waals surface area contributed by atoms with Gasteiger partial charge in [0.1, 0.15) is 5.82 Å². The summed E-state index contributed by atoms with van der Waals surface area (Å²) in [4.78, 5) is 36.0. The summed E-state index contributed by atoms with van der Waals surface area (Å²) >= 11 is 0. The number of carbonyl (C=O) groups is 3. The Morgan fingerprint density at radius 2 is 1.95 bits per heavy atom. The molecule has 0 aromatic heterocycles. The summed E-state index contributed by atoms with van der Waals surface area (Å²) in [5.74, 6) is -2.48. The largest absolute Gasteiger partial charge is 0.452 e. The fourth-order valence-corrected chi connectivity index (χ4v) is 1.57. The maximum absolute atomic E-state index is 13.4. The van der Waals surface area contributed by atoms with Gasteiger partial charge in [0.05, 0.1) is 12.1 Å². The Kier molecular flexibility index (Phi) is 7.01. The zero-order chi connectivity index (χ0) is 16.5. The van der Waals surface area contributed by atoms with Crippen LogP contribution in [0.3, 0.4) is 0 Å². The lowest BCUT2D eigenvalue weighted by Gasteiger charge is -2.16. The van der Waals surface area contributed by atoms with Crippen molar-refractivity contribution in [1.29, 1.82) is 0 Å². The van der Waals surface area contributed by atoms with E-state index in [1.54, 1.807) is 0 Å². The zero-order valence-corrected chi connectivity index (χ0v) is 12.6. The number of esters is 1. The van der Waals surface area contributed by atoms with Gasteiger partial charge in [-0.15, -0.1) is 0 Å². The second-order valence-corrected chi connectivity index (χ2v) is 4.66. The maximum atomic E-state index is 13.4. The summed E-state index contributed by atoms with van der Waals surface area (Å²) in [6, 6.07) is 5.33. The minimum atomic E-state index is -0.921. The first kappa shape index (κ1) is 17.6. The molecule has 0 fully saturated rings. The third-order valence-corrected chi connectivity index (χ3v) is 2.80. The quantitative estimate of drug-likeness (QED) is 0.761. The van der Waals surface area contributed by atoms with Crippen LogP contribution in [-0.2, 0) is 14.3 Å². The molecule has 0 saturated heterocycles. The van der Waals surface area contributed by atoms with Crippen molar-refractivity contribution in [3.8, 4) is 0 Å². The SMILES string of the molecule is CCCNC(=O)CN(C)C(=O)COC(=O)c1ccccc1F. The molecule has 0 saturated carbocycles. The van der Waals surface area contributed by atoms with Gasteiger partial charge < -0.3 is 15.0 Å². The van der Waals surface area contributed by atoms with Crippen LogP contribution in [-0.4, -0.2) is 49.4 Å². The van der Waals surface area contributed by atoms with Crippen LogP contribution in [0.15, 0.2) is 24.3 Å². The molecule has 1 rings (SSSR count). The summed E-state index contributed by atoms with van der Waals surface area (Å²) in [5.41, 5.74) is -0.237. The molecule has 0 atom stereocenters. The summed E-state index contributed by atoms with van der Waals surface area (Å²) in [7, 11) is 1.42. The molecule has 1 N–H and O–H groups in total. The average Bonchev–Trinajstić information content (AvgIpc) is 2.50. The van der Waals surface area contributed by atoms with Crippen LogP contribution >= 0.6 is 0 Å².